The molecule has 6 nitrogen and oxygen atoms in total. The summed E-state index contributed by atoms with van der Waals surface area (Å²) >= 11 is 0. The average molecular weight is 271 g/mol. The van der Waals surface area contributed by atoms with Gasteiger partial charge in [0.25, 0.3) is 0 Å². The summed E-state index contributed by atoms with van der Waals surface area (Å²) in [6.45, 7) is 0.112. The van der Waals surface area contributed by atoms with E-state index >= 15 is 0 Å². The number of rotatable bonds is 2. The first-order valence-electron chi connectivity index (χ1n) is 5.84. The summed E-state index contributed by atoms with van der Waals surface area (Å²) in [6.07, 6.45) is 0. The molecule has 0 radical (unpaired) electrons. The monoisotopic (exact) mass is 271 g/mol. The predicted molar refractivity (Wildman–Crippen MR) is 70.7 cm³/mol. The number of carboxylic acid groups (broad SMARTS) is 2. The molecule has 2 aromatic rings. The molecule has 3 rings (SSSR count). The van der Waals surface area contributed by atoms with Crippen LogP contribution in [0.4, 0.5) is 5.69 Å². The van der Waals surface area contributed by atoms with E-state index in [1.165, 1.54) is 18.2 Å². The summed E-state index contributed by atoms with van der Waals surface area (Å²) in [7, 11) is 0. The van der Waals surface area contributed by atoms with E-state index in [4.69, 9.17) is 0 Å². The van der Waals surface area contributed by atoms with Crippen molar-refractivity contribution in [3.63, 3.8) is 0 Å². The Morgan fingerprint density at radius 1 is 0.950 bits per heavy atom. The molecular weight excluding hydrogens is 262 g/mol. The van der Waals surface area contributed by atoms with Crippen molar-refractivity contribution < 1.29 is 24.6 Å². The minimum Gasteiger partial charge on any atom is -0.478 e. The Labute approximate surface area is 112 Å². The van der Waals surface area contributed by atoms with E-state index in [1.54, 1.807) is 6.07 Å². The number of Topliss-reactive ketones (excluding diaryl/α,β-unsaturated/α-hetero) is 1. The van der Waals surface area contributed by atoms with Crippen LogP contribution in [-0.4, -0.2) is 34.5 Å². The van der Waals surface area contributed by atoms with Gasteiger partial charge >= 0.3 is 11.9 Å². The first-order valence-corrected chi connectivity index (χ1v) is 5.84. The van der Waals surface area contributed by atoms with Crippen molar-refractivity contribution in [3.05, 3.63) is 41.0 Å². The molecule has 20 heavy (non-hydrogen) atoms. The molecule has 1 aliphatic heterocycles. The number of benzene rings is 2. The molecule has 0 saturated carbocycles. The van der Waals surface area contributed by atoms with Crippen molar-refractivity contribution in [1.29, 1.82) is 0 Å². The number of hydrogen-bond acceptors (Lipinski definition) is 4. The fourth-order valence-corrected chi connectivity index (χ4v) is 2.50. The fraction of sp³-hybridized carbons (Fsp3) is 0.0714. The quantitative estimate of drug-likeness (QED) is 0.770. The van der Waals surface area contributed by atoms with E-state index in [2.05, 4.69) is 5.32 Å². The van der Waals surface area contributed by atoms with Crippen LogP contribution in [0.5, 0.6) is 0 Å². The van der Waals surface area contributed by atoms with E-state index in [9.17, 15) is 24.6 Å². The third-order valence-electron chi connectivity index (χ3n) is 3.36. The highest BCUT2D eigenvalue weighted by Crippen LogP contribution is 2.35. The molecule has 6 heteroatoms. The van der Waals surface area contributed by atoms with Crippen molar-refractivity contribution in [1.82, 2.24) is 0 Å². The molecule has 2 aromatic carbocycles. The number of aromatic carboxylic acids is 2. The van der Waals surface area contributed by atoms with E-state index in [1.807, 2.05) is 0 Å². The first kappa shape index (κ1) is 12.2. The normalized spacial score (nSPS) is 13.1. The molecule has 0 unspecified atom stereocenters. The van der Waals surface area contributed by atoms with Crippen molar-refractivity contribution in [2.45, 2.75) is 0 Å². The van der Waals surface area contributed by atoms with Gasteiger partial charge in [-0.25, -0.2) is 9.59 Å². The Kier molecular flexibility index (Phi) is 2.47. The lowest BCUT2D eigenvalue weighted by atomic mass is 9.90. The maximum Gasteiger partial charge on any atom is 0.336 e. The molecular formula is C14H9NO5. The zero-order valence-electron chi connectivity index (χ0n) is 10.1. The minimum absolute atomic E-state index is 0.0838. The highest BCUT2D eigenvalue weighted by atomic mass is 16.4. The molecule has 0 aliphatic carbocycles. The van der Waals surface area contributed by atoms with E-state index in [-0.39, 0.29) is 28.8 Å². The SMILES string of the molecule is O=C1CNc2ccc(C(=O)O)c3c(C(=O)O)ccc1c23. The van der Waals surface area contributed by atoms with Gasteiger partial charge < -0.3 is 15.5 Å². The van der Waals surface area contributed by atoms with Gasteiger partial charge in [0, 0.05) is 22.0 Å². The lowest BCUT2D eigenvalue weighted by Crippen LogP contribution is -2.21. The second kappa shape index (κ2) is 4.06. The van der Waals surface area contributed by atoms with Crippen LogP contribution in [-0.2, 0) is 0 Å². The predicted octanol–water partition coefficient (Wildman–Crippen LogP) is 1.84. The first-order chi connectivity index (χ1) is 9.50. The number of carbonyl (C=O) groups excluding carboxylic acids is 1. The third-order valence-corrected chi connectivity index (χ3v) is 3.36. The fourth-order valence-electron chi connectivity index (χ4n) is 2.50. The zero-order valence-corrected chi connectivity index (χ0v) is 10.1. The van der Waals surface area contributed by atoms with Crippen LogP contribution < -0.4 is 5.32 Å². The molecule has 0 aromatic heterocycles. The second-order valence-corrected chi connectivity index (χ2v) is 4.46. The Hall–Kier alpha value is -2.89. The molecule has 3 N–H and O–H groups in total. The van der Waals surface area contributed by atoms with Gasteiger partial charge in [0.2, 0.25) is 0 Å². The summed E-state index contributed by atoms with van der Waals surface area (Å²) in [5.41, 5.74) is 0.670. The topological polar surface area (TPSA) is 104 Å². The largest absolute Gasteiger partial charge is 0.478 e. The Balaban J connectivity index is 2.55. The number of carboxylic acids is 2. The number of nitrogens with one attached hydrogen (secondary N) is 1. The second-order valence-electron chi connectivity index (χ2n) is 4.46. The number of ketones is 1. The zero-order chi connectivity index (χ0) is 14.4. The minimum atomic E-state index is -1.23. The van der Waals surface area contributed by atoms with E-state index in [0.29, 0.717) is 16.6 Å². The Bertz CT molecular complexity index is 773. The van der Waals surface area contributed by atoms with Gasteiger partial charge in [0.1, 0.15) is 0 Å². The summed E-state index contributed by atoms with van der Waals surface area (Å²) in [4.78, 5) is 34.5. The molecule has 0 fully saturated rings. The van der Waals surface area contributed by atoms with Crippen LogP contribution >= 0.6 is 0 Å². The number of anilines is 1. The standard InChI is InChI=1S/C14H9NO5/c16-10-5-15-9-4-3-8(14(19)20)11-7(13(17)18)2-1-6(10)12(9)11/h1-4,15H,5H2,(H,17,18)(H,19,20). The molecule has 0 amide bonds. The van der Waals surface area contributed by atoms with Crippen molar-refractivity contribution in [2.24, 2.45) is 0 Å². The van der Waals surface area contributed by atoms with Crippen LogP contribution in [0.15, 0.2) is 24.3 Å². The summed E-state index contributed by atoms with van der Waals surface area (Å²) in [5.74, 6) is -2.65. The van der Waals surface area contributed by atoms with Gasteiger partial charge in [-0.3, -0.25) is 4.79 Å². The summed E-state index contributed by atoms with van der Waals surface area (Å²) in [6, 6.07) is 5.61. The highest BCUT2D eigenvalue weighted by Gasteiger charge is 2.25. The number of hydrogen-bond donors (Lipinski definition) is 3. The van der Waals surface area contributed by atoms with Crippen LogP contribution in [0.25, 0.3) is 10.8 Å². The Morgan fingerprint density at radius 3 is 2.15 bits per heavy atom. The molecule has 0 atom stereocenters. The maximum absolute atomic E-state index is 11.9. The highest BCUT2D eigenvalue weighted by molar-refractivity contribution is 6.23. The van der Waals surface area contributed by atoms with Gasteiger partial charge in [-0.1, -0.05) is 0 Å². The van der Waals surface area contributed by atoms with Crippen LogP contribution in [0.1, 0.15) is 31.1 Å². The van der Waals surface area contributed by atoms with Gasteiger partial charge in [-0.2, -0.15) is 0 Å². The van der Waals surface area contributed by atoms with Gasteiger partial charge in [-0.05, 0) is 24.3 Å². The summed E-state index contributed by atoms with van der Waals surface area (Å²) < 4.78 is 0. The molecule has 1 aliphatic rings. The molecule has 0 spiro atoms. The summed E-state index contributed by atoms with van der Waals surface area (Å²) in [5, 5.41) is 21.8. The van der Waals surface area contributed by atoms with Crippen molar-refractivity contribution in [3.8, 4) is 0 Å². The Morgan fingerprint density at radius 2 is 1.55 bits per heavy atom. The molecule has 0 bridgehead atoms. The van der Waals surface area contributed by atoms with Crippen LogP contribution in [0.3, 0.4) is 0 Å². The lowest BCUT2D eigenvalue weighted by Gasteiger charge is -2.20. The van der Waals surface area contributed by atoms with Gasteiger partial charge in [0.05, 0.1) is 17.7 Å². The molecule has 1 heterocycles. The molecule has 100 valence electrons. The maximum atomic E-state index is 11.9. The van der Waals surface area contributed by atoms with Crippen LogP contribution in [0, 0.1) is 0 Å². The number of carbonyl (C=O) groups is 3. The molecule has 0 saturated heterocycles. The van der Waals surface area contributed by atoms with Crippen molar-refractivity contribution in [2.75, 3.05) is 11.9 Å². The smallest absolute Gasteiger partial charge is 0.336 e. The van der Waals surface area contributed by atoms with Gasteiger partial charge in [0.15, 0.2) is 5.78 Å². The van der Waals surface area contributed by atoms with Crippen LogP contribution in [0.2, 0.25) is 0 Å². The average Bonchev–Trinajstić information content (AvgIpc) is 2.41. The van der Waals surface area contributed by atoms with Crippen molar-refractivity contribution >= 4 is 34.2 Å². The third kappa shape index (κ3) is 1.55. The van der Waals surface area contributed by atoms with Gasteiger partial charge in [-0.15, -0.1) is 0 Å². The van der Waals surface area contributed by atoms with E-state index < -0.39 is 11.9 Å². The van der Waals surface area contributed by atoms with E-state index in [0.717, 1.165) is 0 Å². The lowest BCUT2D eigenvalue weighted by molar-refractivity contribution is 0.0695.